The summed E-state index contributed by atoms with van der Waals surface area (Å²) in [7, 11) is 1.24. The molecule has 0 aliphatic rings. The normalized spacial score (nSPS) is 13.3. The molecule has 2 N–H and O–H groups in total. The van der Waals surface area contributed by atoms with Crippen molar-refractivity contribution in [1.82, 2.24) is 0 Å². The number of rotatable bonds is 9. The highest BCUT2D eigenvalue weighted by molar-refractivity contribution is 6.35. The third kappa shape index (κ3) is 7.17. The van der Waals surface area contributed by atoms with E-state index in [0.29, 0.717) is 28.0 Å². The molecule has 28 heavy (non-hydrogen) atoms. The monoisotopic (exact) mass is 424 g/mol. The van der Waals surface area contributed by atoms with Gasteiger partial charge in [0.1, 0.15) is 12.4 Å². The minimum atomic E-state index is -1.01. The zero-order valence-corrected chi connectivity index (χ0v) is 16.9. The van der Waals surface area contributed by atoms with Gasteiger partial charge in [-0.3, -0.25) is 4.79 Å². The van der Waals surface area contributed by atoms with Gasteiger partial charge in [0.15, 0.2) is 0 Å². The molecule has 150 valence electrons. The summed E-state index contributed by atoms with van der Waals surface area (Å²) in [5.74, 6) is -0.0686. The fourth-order valence-corrected chi connectivity index (χ4v) is 3.04. The highest BCUT2D eigenvalue weighted by Crippen LogP contribution is 2.33. The lowest BCUT2D eigenvalue weighted by molar-refractivity contribution is -0.143. The number of methoxy groups -OCH3 is 1. The average molecular weight is 425 g/mol. The Bertz CT molecular complexity index is 808. The summed E-state index contributed by atoms with van der Waals surface area (Å²) in [4.78, 5) is 11.2. The largest absolute Gasteiger partial charge is 0.488 e. The van der Waals surface area contributed by atoms with Crippen molar-refractivity contribution in [3.05, 3.63) is 69.7 Å². The van der Waals surface area contributed by atoms with E-state index in [1.165, 1.54) is 13.2 Å². The van der Waals surface area contributed by atoms with E-state index in [4.69, 9.17) is 27.9 Å². The van der Waals surface area contributed by atoms with Crippen LogP contribution in [-0.2, 0) is 16.1 Å². The van der Waals surface area contributed by atoms with Crippen molar-refractivity contribution >= 4 is 35.2 Å². The molecule has 2 unspecified atom stereocenters. The van der Waals surface area contributed by atoms with Crippen LogP contribution in [0.3, 0.4) is 0 Å². The first-order valence-corrected chi connectivity index (χ1v) is 9.41. The predicted molar refractivity (Wildman–Crippen MR) is 110 cm³/mol. The highest BCUT2D eigenvalue weighted by atomic mass is 35.5. The SMILES string of the molecule is COC(=O)CC(O)CC(O)/C=C/c1c(Cl)cc(Cl)cc1OCc1ccccc1. The molecule has 2 aromatic rings. The molecule has 0 spiro atoms. The number of benzene rings is 2. The second-order valence-electron chi connectivity index (χ2n) is 6.17. The second-order valence-corrected chi connectivity index (χ2v) is 7.01. The number of hydrogen-bond acceptors (Lipinski definition) is 5. The van der Waals surface area contributed by atoms with E-state index in [1.807, 2.05) is 30.3 Å². The van der Waals surface area contributed by atoms with Gasteiger partial charge in [0, 0.05) is 17.0 Å². The summed E-state index contributed by atoms with van der Waals surface area (Å²) in [5, 5.41) is 20.7. The number of hydrogen-bond donors (Lipinski definition) is 2. The molecule has 0 fully saturated rings. The van der Waals surface area contributed by atoms with E-state index >= 15 is 0 Å². The number of carbonyl (C=O) groups excluding carboxylic acids is 1. The molecule has 0 aromatic heterocycles. The van der Waals surface area contributed by atoms with Crippen LogP contribution in [0.25, 0.3) is 6.08 Å². The molecule has 0 radical (unpaired) electrons. The Kier molecular flexibility index (Phi) is 8.80. The van der Waals surface area contributed by atoms with Crippen LogP contribution in [0.1, 0.15) is 24.0 Å². The van der Waals surface area contributed by atoms with Gasteiger partial charge in [0.2, 0.25) is 0 Å². The van der Waals surface area contributed by atoms with Crippen molar-refractivity contribution in [3.8, 4) is 5.75 Å². The first-order valence-electron chi connectivity index (χ1n) is 8.66. The van der Waals surface area contributed by atoms with Gasteiger partial charge in [-0.15, -0.1) is 0 Å². The van der Waals surface area contributed by atoms with Crippen LogP contribution in [0.2, 0.25) is 10.0 Å². The summed E-state index contributed by atoms with van der Waals surface area (Å²) in [5.41, 5.74) is 1.54. The van der Waals surface area contributed by atoms with Crippen LogP contribution in [0.5, 0.6) is 5.75 Å². The van der Waals surface area contributed by atoms with E-state index in [-0.39, 0.29) is 12.8 Å². The number of carbonyl (C=O) groups is 1. The zero-order valence-electron chi connectivity index (χ0n) is 15.3. The molecule has 0 saturated carbocycles. The summed E-state index contributed by atoms with van der Waals surface area (Å²) >= 11 is 12.4. The molecule has 0 heterocycles. The molecule has 0 amide bonds. The Morgan fingerprint density at radius 2 is 1.89 bits per heavy atom. The molecule has 0 aliphatic carbocycles. The fourth-order valence-electron chi connectivity index (χ4n) is 2.50. The van der Waals surface area contributed by atoms with Gasteiger partial charge >= 0.3 is 5.97 Å². The van der Waals surface area contributed by atoms with Gasteiger partial charge < -0.3 is 19.7 Å². The number of ether oxygens (including phenoxy) is 2. The summed E-state index contributed by atoms with van der Waals surface area (Å²) in [6.45, 7) is 0.332. The molecular formula is C21H22Cl2O5. The van der Waals surface area contributed by atoms with Crippen LogP contribution in [0.4, 0.5) is 0 Å². The summed E-state index contributed by atoms with van der Waals surface area (Å²) in [6.07, 6.45) is 0.889. The van der Waals surface area contributed by atoms with Crippen LogP contribution >= 0.6 is 23.2 Å². The molecule has 7 heteroatoms. The Morgan fingerprint density at radius 1 is 1.18 bits per heavy atom. The number of aliphatic hydroxyl groups is 2. The topological polar surface area (TPSA) is 76.0 Å². The average Bonchev–Trinajstić information content (AvgIpc) is 2.65. The van der Waals surface area contributed by atoms with E-state index in [1.54, 1.807) is 18.2 Å². The maximum Gasteiger partial charge on any atom is 0.308 e. The maximum absolute atomic E-state index is 11.2. The standard InChI is InChI=1S/C21H22Cl2O5/c1-27-21(26)12-17(25)11-16(24)7-8-18-19(23)9-15(22)10-20(18)28-13-14-5-3-2-4-6-14/h2-10,16-17,24-25H,11-13H2,1H3/b8-7+. The third-order valence-corrected chi connectivity index (χ3v) is 4.45. The van der Waals surface area contributed by atoms with Gasteiger partial charge in [-0.1, -0.05) is 65.7 Å². The molecule has 2 rings (SSSR count). The van der Waals surface area contributed by atoms with Crippen LogP contribution in [-0.4, -0.2) is 35.5 Å². The Morgan fingerprint density at radius 3 is 2.57 bits per heavy atom. The lowest BCUT2D eigenvalue weighted by Crippen LogP contribution is -2.20. The van der Waals surface area contributed by atoms with Crippen molar-refractivity contribution in [3.63, 3.8) is 0 Å². The predicted octanol–water partition coefficient (Wildman–Crippen LogP) is 4.26. The summed E-state index contributed by atoms with van der Waals surface area (Å²) in [6, 6.07) is 12.9. The lowest BCUT2D eigenvalue weighted by atomic mass is 10.1. The molecule has 5 nitrogen and oxygen atoms in total. The van der Waals surface area contributed by atoms with Crippen molar-refractivity contribution < 1.29 is 24.5 Å². The van der Waals surface area contributed by atoms with Crippen LogP contribution in [0, 0.1) is 0 Å². The third-order valence-electron chi connectivity index (χ3n) is 3.92. The number of halogens is 2. The van der Waals surface area contributed by atoms with Crippen LogP contribution in [0.15, 0.2) is 48.5 Å². The van der Waals surface area contributed by atoms with Gasteiger partial charge in [-0.05, 0) is 17.7 Å². The van der Waals surface area contributed by atoms with Crippen molar-refractivity contribution in [1.29, 1.82) is 0 Å². The smallest absolute Gasteiger partial charge is 0.308 e. The molecule has 0 aliphatic heterocycles. The van der Waals surface area contributed by atoms with Gasteiger partial charge in [0.25, 0.3) is 0 Å². The highest BCUT2D eigenvalue weighted by Gasteiger charge is 2.15. The zero-order chi connectivity index (χ0) is 20.5. The van der Waals surface area contributed by atoms with Gasteiger partial charge in [-0.25, -0.2) is 0 Å². The Balaban J connectivity index is 2.08. The van der Waals surface area contributed by atoms with Gasteiger partial charge in [0.05, 0.1) is 30.8 Å². The van der Waals surface area contributed by atoms with Crippen molar-refractivity contribution in [2.75, 3.05) is 7.11 Å². The molecular weight excluding hydrogens is 403 g/mol. The molecule has 0 bridgehead atoms. The summed E-state index contributed by atoms with van der Waals surface area (Å²) < 4.78 is 10.3. The Hall–Kier alpha value is -2.05. The van der Waals surface area contributed by atoms with Crippen molar-refractivity contribution in [2.45, 2.75) is 31.7 Å². The quantitative estimate of drug-likeness (QED) is 0.588. The minimum Gasteiger partial charge on any atom is -0.488 e. The number of esters is 1. The fraction of sp³-hybridized carbons (Fsp3) is 0.286. The van der Waals surface area contributed by atoms with Crippen LogP contribution < -0.4 is 4.74 Å². The Labute approximate surface area is 174 Å². The maximum atomic E-state index is 11.2. The minimum absolute atomic E-state index is 0.0169. The van der Waals surface area contributed by atoms with E-state index in [2.05, 4.69) is 4.74 Å². The molecule has 0 saturated heterocycles. The second kappa shape index (κ2) is 11.1. The molecule has 2 aromatic carbocycles. The number of aliphatic hydroxyl groups excluding tert-OH is 2. The van der Waals surface area contributed by atoms with E-state index < -0.39 is 18.2 Å². The first-order chi connectivity index (χ1) is 13.4. The first kappa shape index (κ1) is 22.2. The van der Waals surface area contributed by atoms with E-state index in [9.17, 15) is 15.0 Å². The van der Waals surface area contributed by atoms with Crippen molar-refractivity contribution in [2.24, 2.45) is 0 Å². The van der Waals surface area contributed by atoms with E-state index in [0.717, 1.165) is 5.56 Å². The molecule has 2 atom stereocenters. The lowest BCUT2D eigenvalue weighted by Gasteiger charge is -2.14. The van der Waals surface area contributed by atoms with Gasteiger partial charge in [-0.2, -0.15) is 0 Å².